The first-order valence-electron chi connectivity index (χ1n) is 4.05. The van der Waals surface area contributed by atoms with Gasteiger partial charge in [-0.3, -0.25) is 9.89 Å². The molecule has 72 valence electrons. The first kappa shape index (κ1) is 9.73. The predicted molar refractivity (Wildman–Crippen MR) is 50.1 cm³/mol. The molecule has 0 bridgehead atoms. The first-order chi connectivity index (χ1) is 5.97. The molecule has 4 N–H and O–H groups in total. The Hall–Kier alpha value is -1.36. The number of nitrogens with zero attached hydrogens (tertiary/aromatic N) is 1. The van der Waals surface area contributed by atoms with E-state index in [0.29, 0.717) is 5.69 Å². The van der Waals surface area contributed by atoms with Crippen LogP contribution in [-0.4, -0.2) is 21.6 Å². The van der Waals surface area contributed by atoms with Gasteiger partial charge in [-0.1, -0.05) is 0 Å². The molecule has 0 atom stereocenters. The van der Waals surface area contributed by atoms with Gasteiger partial charge in [0.2, 0.25) is 5.91 Å². The normalized spacial score (nSPS) is 11.3. The Morgan fingerprint density at radius 1 is 1.77 bits per heavy atom. The molecule has 1 aromatic heterocycles. The van der Waals surface area contributed by atoms with E-state index in [2.05, 4.69) is 15.5 Å². The van der Waals surface area contributed by atoms with Crippen molar-refractivity contribution in [3.05, 3.63) is 12.4 Å². The van der Waals surface area contributed by atoms with Crippen LogP contribution in [0, 0.1) is 0 Å². The van der Waals surface area contributed by atoms with E-state index >= 15 is 0 Å². The van der Waals surface area contributed by atoms with Crippen LogP contribution < -0.4 is 11.1 Å². The van der Waals surface area contributed by atoms with Crippen LogP contribution in [0.3, 0.4) is 0 Å². The molecule has 0 aromatic carbocycles. The molecular formula is C8H14N4O. The molecule has 1 amide bonds. The molecule has 0 saturated carbocycles. The molecule has 0 unspecified atom stereocenters. The summed E-state index contributed by atoms with van der Waals surface area (Å²) in [5.74, 6) is -0.103. The third kappa shape index (κ3) is 3.71. The zero-order chi connectivity index (χ0) is 9.90. The number of H-pyrrole nitrogens is 1. The van der Waals surface area contributed by atoms with Gasteiger partial charge in [-0.25, -0.2) is 0 Å². The molecule has 0 radical (unpaired) electrons. The number of carbonyl (C=O) groups excluding carboxylic acids is 1. The minimum absolute atomic E-state index is 0.103. The zero-order valence-electron chi connectivity index (χ0n) is 7.79. The molecule has 0 aliphatic heterocycles. The summed E-state index contributed by atoms with van der Waals surface area (Å²) < 4.78 is 0. The summed E-state index contributed by atoms with van der Waals surface area (Å²) in [7, 11) is 0. The number of nitrogens with two attached hydrogens (primary N) is 1. The van der Waals surface area contributed by atoms with Gasteiger partial charge in [-0.2, -0.15) is 5.10 Å². The molecule has 0 aliphatic rings. The largest absolute Gasteiger partial charge is 0.325 e. The summed E-state index contributed by atoms with van der Waals surface area (Å²) in [5, 5.41) is 8.97. The van der Waals surface area contributed by atoms with Gasteiger partial charge in [0.05, 0.1) is 11.9 Å². The molecular weight excluding hydrogens is 168 g/mol. The van der Waals surface area contributed by atoms with Gasteiger partial charge in [-0.15, -0.1) is 0 Å². The van der Waals surface area contributed by atoms with E-state index in [1.165, 1.54) is 0 Å². The van der Waals surface area contributed by atoms with Gasteiger partial charge in [0, 0.05) is 18.2 Å². The monoisotopic (exact) mass is 182 g/mol. The summed E-state index contributed by atoms with van der Waals surface area (Å²) in [6, 6.07) is 0. The number of aromatic amines is 1. The number of amides is 1. The van der Waals surface area contributed by atoms with E-state index in [9.17, 15) is 4.79 Å². The Labute approximate surface area is 76.7 Å². The Morgan fingerprint density at radius 2 is 2.46 bits per heavy atom. The van der Waals surface area contributed by atoms with Crippen molar-refractivity contribution in [2.75, 3.05) is 5.32 Å². The number of rotatable bonds is 3. The molecule has 5 heteroatoms. The molecule has 0 saturated heterocycles. The Kier molecular flexibility index (Phi) is 2.67. The lowest BCUT2D eigenvalue weighted by Crippen LogP contribution is -2.36. The second kappa shape index (κ2) is 3.57. The lowest BCUT2D eigenvalue weighted by Gasteiger charge is -2.16. The number of carbonyl (C=O) groups is 1. The summed E-state index contributed by atoms with van der Waals surface area (Å²) >= 11 is 0. The second-order valence-corrected chi connectivity index (χ2v) is 3.70. The van der Waals surface area contributed by atoms with Gasteiger partial charge >= 0.3 is 0 Å². The highest BCUT2D eigenvalue weighted by atomic mass is 16.1. The van der Waals surface area contributed by atoms with Crippen LogP contribution in [-0.2, 0) is 4.79 Å². The van der Waals surface area contributed by atoms with Crippen LogP contribution in [0.2, 0.25) is 0 Å². The summed E-state index contributed by atoms with van der Waals surface area (Å²) in [6.07, 6.45) is 3.45. The van der Waals surface area contributed by atoms with E-state index in [4.69, 9.17) is 5.73 Å². The molecule has 1 rings (SSSR count). The molecule has 1 aromatic rings. The van der Waals surface area contributed by atoms with E-state index < -0.39 is 5.54 Å². The lowest BCUT2D eigenvalue weighted by molar-refractivity contribution is -0.117. The third-order valence-corrected chi connectivity index (χ3v) is 1.40. The maximum absolute atomic E-state index is 11.3. The highest BCUT2D eigenvalue weighted by Crippen LogP contribution is 2.07. The molecule has 13 heavy (non-hydrogen) atoms. The van der Waals surface area contributed by atoms with E-state index in [-0.39, 0.29) is 12.3 Å². The number of aromatic nitrogens is 2. The van der Waals surface area contributed by atoms with E-state index in [0.717, 1.165) is 0 Å². The Bertz CT molecular complexity index is 273. The smallest absolute Gasteiger partial charge is 0.226 e. The summed E-state index contributed by atoms with van der Waals surface area (Å²) in [4.78, 5) is 11.3. The lowest BCUT2D eigenvalue weighted by atomic mass is 10.0. The summed E-state index contributed by atoms with van der Waals surface area (Å²) in [5.41, 5.74) is 5.86. The fraction of sp³-hybridized carbons (Fsp3) is 0.500. The molecule has 0 fully saturated rings. The maximum Gasteiger partial charge on any atom is 0.226 e. The van der Waals surface area contributed by atoms with Crippen molar-refractivity contribution in [3.8, 4) is 0 Å². The second-order valence-electron chi connectivity index (χ2n) is 3.70. The molecule has 0 aliphatic carbocycles. The topological polar surface area (TPSA) is 83.8 Å². The zero-order valence-corrected chi connectivity index (χ0v) is 7.79. The number of hydrogen-bond donors (Lipinski definition) is 3. The maximum atomic E-state index is 11.3. The van der Waals surface area contributed by atoms with Crippen LogP contribution in [0.15, 0.2) is 12.4 Å². The van der Waals surface area contributed by atoms with Crippen molar-refractivity contribution >= 4 is 11.6 Å². The van der Waals surface area contributed by atoms with Crippen molar-refractivity contribution in [2.24, 2.45) is 5.73 Å². The fourth-order valence-corrected chi connectivity index (χ4v) is 0.938. The van der Waals surface area contributed by atoms with Crippen molar-refractivity contribution in [3.63, 3.8) is 0 Å². The first-order valence-corrected chi connectivity index (χ1v) is 4.05. The third-order valence-electron chi connectivity index (χ3n) is 1.40. The SMILES string of the molecule is CC(C)(N)CC(=O)Nc1cn[nH]c1. The van der Waals surface area contributed by atoms with Crippen molar-refractivity contribution in [1.29, 1.82) is 0 Å². The quantitative estimate of drug-likeness (QED) is 0.635. The van der Waals surface area contributed by atoms with Crippen molar-refractivity contribution in [2.45, 2.75) is 25.8 Å². The Morgan fingerprint density at radius 3 is 2.92 bits per heavy atom. The molecule has 5 nitrogen and oxygen atoms in total. The highest BCUT2D eigenvalue weighted by Gasteiger charge is 2.16. The van der Waals surface area contributed by atoms with Gasteiger partial charge in [0.15, 0.2) is 0 Å². The van der Waals surface area contributed by atoms with Crippen LogP contribution in [0.1, 0.15) is 20.3 Å². The average molecular weight is 182 g/mol. The predicted octanol–water partition coefficient (Wildman–Crippen LogP) is 0.476. The van der Waals surface area contributed by atoms with E-state index in [1.807, 2.05) is 13.8 Å². The standard InChI is InChI=1S/C8H14N4O/c1-8(2,9)3-7(13)12-6-4-10-11-5-6/h4-5H,3,9H2,1-2H3,(H,10,11)(H,12,13). The average Bonchev–Trinajstić information content (AvgIpc) is 2.34. The fourth-order valence-electron chi connectivity index (χ4n) is 0.938. The molecule has 0 spiro atoms. The van der Waals surface area contributed by atoms with Crippen molar-refractivity contribution in [1.82, 2.24) is 10.2 Å². The highest BCUT2D eigenvalue weighted by molar-refractivity contribution is 5.91. The summed E-state index contributed by atoms with van der Waals surface area (Å²) in [6.45, 7) is 3.61. The van der Waals surface area contributed by atoms with Crippen LogP contribution in [0.4, 0.5) is 5.69 Å². The number of anilines is 1. The minimum Gasteiger partial charge on any atom is -0.325 e. The van der Waals surface area contributed by atoms with Crippen LogP contribution in [0.5, 0.6) is 0 Å². The van der Waals surface area contributed by atoms with E-state index in [1.54, 1.807) is 12.4 Å². The van der Waals surface area contributed by atoms with Crippen molar-refractivity contribution < 1.29 is 4.79 Å². The number of hydrogen-bond acceptors (Lipinski definition) is 3. The Balaban J connectivity index is 2.43. The number of nitrogens with one attached hydrogen (secondary N) is 2. The minimum atomic E-state index is -0.478. The van der Waals surface area contributed by atoms with Crippen LogP contribution >= 0.6 is 0 Å². The van der Waals surface area contributed by atoms with Crippen LogP contribution in [0.25, 0.3) is 0 Å². The van der Waals surface area contributed by atoms with Gasteiger partial charge in [-0.05, 0) is 13.8 Å². The van der Waals surface area contributed by atoms with Gasteiger partial charge in [0.1, 0.15) is 0 Å². The molecule has 1 heterocycles. The van der Waals surface area contributed by atoms with Gasteiger partial charge < -0.3 is 11.1 Å². The van der Waals surface area contributed by atoms with Gasteiger partial charge in [0.25, 0.3) is 0 Å².